The van der Waals surface area contributed by atoms with E-state index in [0.717, 1.165) is 16.5 Å². The topological polar surface area (TPSA) is 66.9 Å². The number of azo groups is 1. The molecule has 0 bridgehead atoms. The van der Waals surface area contributed by atoms with Gasteiger partial charge in [0.25, 0.3) is 5.91 Å². The highest BCUT2D eigenvalue weighted by molar-refractivity contribution is 5.97. The van der Waals surface area contributed by atoms with Crippen LogP contribution in [0.15, 0.2) is 58.8 Å². The van der Waals surface area contributed by atoms with Crippen molar-refractivity contribution in [3.05, 3.63) is 59.7 Å². The fraction of sp³-hybridized carbons (Fsp3) is 0.250. The number of nitrogens with zero attached hydrogens (tertiary/aromatic N) is 3. The van der Waals surface area contributed by atoms with Crippen molar-refractivity contribution in [1.82, 2.24) is 4.57 Å². The second-order valence-electron chi connectivity index (χ2n) is 7.08. The molecule has 0 atom stereocenters. The van der Waals surface area contributed by atoms with Crippen molar-refractivity contribution >= 4 is 22.5 Å². The molecule has 0 unspecified atom stereocenters. The molecule has 25 heavy (non-hydrogen) atoms. The molecule has 0 radical (unpaired) electrons. The zero-order valence-corrected chi connectivity index (χ0v) is 14.8. The summed E-state index contributed by atoms with van der Waals surface area (Å²) >= 11 is 0. The number of hydrogen-bond acceptors (Lipinski definition) is 3. The molecular formula is C20H21N3O2. The first kappa shape index (κ1) is 16.9. The number of amides is 1. The average Bonchev–Trinajstić information content (AvgIpc) is 2.83. The largest absolute Gasteiger partial charge is 0.493 e. The highest BCUT2D eigenvalue weighted by atomic mass is 16.3. The smallest absolute Gasteiger partial charge is 0.295 e. The molecule has 0 fully saturated rings. The molecule has 0 aliphatic carbocycles. The number of carbonyl (C=O) groups is 1. The summed E-state index contributed by atoms with van der Waals surface area (Å²) in [6, 6.07) is 14.8. The van der Waals surface area contributed by atoms with Crippen molar-refractivity contribution in [2.75, 3.05) is 0 Å². The first-order valence-electron chi connectivity index (χ1n) is 8.12. The molecule has 1 aromatic heterocycles. The standard InChI is InChI=1S/C20H21N3O2/c1-20(2,3)14-11-9-13(10-12-14)18(24)22-21-17-15-7-5-6-8-16(15)23(4)19(17)25/h5-12,25H,1-4H3. The summed E-state index contributed by atoms with van der Waals surface area (Å²) in [6.07, 6.45) is 0. The number of aryl methyl sites for hydroxylation is 1. The van der Waals surface area contributed by atoms with E-state index in [0.29, 0.717) is 11.3 Å². The Morgan fingerprint density at radius 3 is 2.32 bits per heavy atom. The zero-order valence-electron chi connectivity index (χ0n) is 14.8. The quantitative estimate of drug-likeness (QED) is 0.662. The van der Waals surface area contributed by atoms with Gasteiger partial charge in [0.05, 0.1) is 5.52 Å². The molecule has 3 rings (SSSR count). The van der Waals surface area contributed by atoms with E-state index in [2.05, 4.69) is 31.0 Å². The molecule has 0 saturated heterocycles. The summed E-state index contributed by atoms with van der Waals surface area (Å²) < 4.78 is 1.62. The summed E-state index contributed by atoms with van der Waals surface area (Å²) in [7, 11) is 1.74. The lowest BCUT2D eigenvalue weighted by molar-refractivity contribution is 0.0995. The van der Waals surface area contributed by atoms with E-state index in [-0.39, 0.29) is 11.3 Å². The van der Waals surface area contributed by atoms with Crippen molar-refractivity contribution in [1.29, 1.82) is 0 Å². The van der Waals surface area contributed by atoms with E-state index in [1.54, 1.807) is 23.7 Å². The minimum absolute atomic E-state index is 0.0131. The third-order valence-electron chi connectivity index (χ3n) is 4.29. The Bertz CT molecular complexity index is 961. The second-order valence-corrected chi connectivity index (χ2v) is 7.08. The Labute approximate surface area is 146 Å². The van der Waals surface area contributed by atoms with Gasteiger partial charge in [-0.05, 0) is 29.2 Å². The average molecular weight is 335 g/mol. The maximum absolute atomic E-state index is 12.3. The Hall–Kier alpha value is -2.95. The van der Waals surface area contributed by atoms with Crippen LogP contribution in [0.3, 0.4) is 0 Å². The van der Waals surface area contributed by atoms with Crippen LogP contribution >= 0.6 is 0 Å². The summed E-state index contributed by atoms with van der Waals surface area (Å²) in [5.74, 6) is -0.450. The maximum Gasteiger partial charge on any atom is 0.295 e. The number of benzene rings is 2. The van der Waals surface area contributed by atoms with Gasteiger partial charge in [-0.1, -0.05) is 51.1 Å². The molecule has 1 amide bonds. The van der Waals surface area contributed by atoms with Gasteiger partial charge in [-0.3, -0.25) is 4.79 Å². The number of hydrogen-bond donors (Lipinski definition) is 1. The van der Waals surface area contributed by atoms with E-state index < -0.39 is 5.91 Å². The number of carbonyl (C=O) groups excluding carboxylic acids is 1. The van der Waals surface area contributed by atoms with E-state index in [9.17, 15) is 9.90 Å². The predicted molar refractivity (Wildman–Crippen MR) is 98.6 cm³/mol. The molecular weight excluding hydrogens is 314 g/mol. The van der Waals surface area contributed by atoms with Gasteiger partial charge in [-0.15, -0.1) is 10.2 Å². The second kappa shape index (κ2) is 6.16. The monoisotopic (exact) mass is 335 g/mol. The van der Waals surface area contributed by atoms with Crippen molar-refractivity contribution in [3.8, 4) is 5.88 Å². The number of fused-ring (bicyclic) bond motifs is 1. The van der Waals surface area contributed by atoms with E-state index in [1.807, 2.05) is 36.4 Å². The molecule has 1 N–H and O–H groups in total. The van der Waals surface area contributed by atoms with Crippen LogP contribution < -0.4 is 0 Å². The number of aromatic nitrogens is 1. The SMILES string of the molecule is Cn1c(O)c(N=NC(=O)c2ccc(C(C)(C)C)cc2)c2ccccc21. The van der Waals surface area contributed by atoms with Crippen LogP contribution in [0.4, 0.5) is 5.69 Å². The van der Waals surface area contributed by atoms with Crippen LogP contribution in [-0.2, 0) is 12.5 Å². The van der Waals surface area contributed by atoms with Gasteiger partial charge in [-0.2, -0.15) is 0 Å². The molecule has 0 spiro atoms. The molecule has 3 aromatic rings. The summed E-state index contributed by atoms with van der Waals surface area (Å²) in [4.78, 5) is 12.3. The van der Waals surface area contributed by atoms with E-state index in [4.69, 9.17) is 0 Å². The summed E-state index contributed by atoms with van der Waals surface area (Å²) in [5.41, 5.74) is 2.77. The zero-order chi connectivity index (χ0) is 18.2. The molecule has 0 aliphatic heterocycles. The minimum atomic E-state index is -0.437. The van der Waals surface area contributed by atoms with Gasteiger partial charge in [0.1, 0.15) is 0 Å². The van der Waals surface area contributed by atoms with Crippen LogP contribution in [0.25, 0.3) is 10.9 Å². The summed E-state index contributed by atoms with van der Waals surface area (Å²) in [6.45, 7) is 6.35. The fourth-order valence-electron chi connectivity index (χ4n) is 2.72. The number of rotatable bonds is 2. The molecule has 128 valence electrons. The molecule has 5 nitrogen and oxygen atoms in total. The Kier molecular flexibility index (Phi) is 4.17. The third-order valence-corrected chi connectivity index (χ3v) is 4.29. The first-order valence-corrected chi connectivity index (χ1v) is 8.12. The van der Waals surface area contributed by atoms with Crippen molar-refractivity contribution in [3.63, 3.8) is 0 Å². The lowest BCUT2D eigenvalue weighted by Crippen LogP contribution is -2.11. The first-order chi connectivity index (χ1) is 11.8. The molecule has 2 aromatic carbocycles. The van der Waals surface area contributed by atoms with Gasteiger partial charge in [0.2, 0.25) is 5.88 Å². The van der Waals surface area contributed by atoms with Crippen LogP contribution in [0.1, 0.15) is 36.7 Å². The van der Waals surface area contributed by atoms with Crippen LogP contribution in [-0.4, -0.2) is 15.6 Å². The van der Waals surface area contributed by atoms with Crippen molar-refractivity contribution in [2.45, 2.75) is 26.2 Å². The van der Waals surface area contributed by atoms with Gasteiger partial charge < -0.3 is 9.67 Å². The van der Waals surface area contributed by atoms with Gasteiger partial charge >= 0.3 is 0 Å². The lowest BCUT2D eigenvalue weighted by Gasteiger charge is -2.18. The fourth-order valence-corrected chi connectivity index (χ4v) is 2.72. The Balaban J connectivity index is 1.90. The maximum atomic E-state index is 12.3. The molecule has 0 saturated carbocycles. The normalized spacial score (nSPS) is 12.2. The third kappa shape index (κ3) is 3.18. The van der Waals surface area contributed by atoms with Crippen LogP contribution in [0, 0.1) is 0 Å². The highest BCUT2D eigenvalue weighted by Crippen LogP contribution is 2.37. The molecule has 5 heteroatoms. The predicted octanol–water partition coefficient (Wildman–Crippen LogP) is 5.11. The van der Waals surface area contributed by atoms with Crippen LogP contribution in [0.5, 0.6) is 5.88 Å². The van der Waals surface area contributed by atoms with Gasteiger partial charge in [0.15, 0.2) is 5.69 Å². The van der Waals surface area contributed by atoms with Gasteiger partial charge in [0, 0.05) is 18.0 Å². The Morgan fingerprint density at radius 1 is 1.04 bits per heavy atom. The molecule has 1 heterocycles. The number of aromatic hydroxyl groups is 1. The lowest BCUT2D eigenvalue weighted by atomic mass is 9.87. The van der Waals surface area contributed by atoms with Crippen molar-refractivity contribution < 1.29 is 9.90 Å². The minimum Gasteiger partial charge on any atom is -0.493 e. The van der Waals surface area contributed by atoms with E-state index >= 15 is 0 Å². The van der Waals surface area contributed by atoms with Crippen LogP contribution in [0.2, 0.25) is 0 Å². The number of para-hydroxylation sites is 1. The van der Waals surface area contributed by atoms with Crippen molar-refractivity contribution in [2.24, 2.45) is 17.3 Å². The van der Waals surface area contributed by atoms with Gasteiger partial charge in [-0.25, -0.2) is 0 Å². The molecule has 0 aliphatic rings. The highest BCUT2D eigenvalue weighted by Gasteiger charge is 2.16. The summed E-state index contributed by atoms with van der Waals surface area (Å²) in [5, 5.41) is 18.8. The Morgan fingerprint density at radius 2 is 1.68 bits per heavy atom. The van der Waals surface area contributed by atoms with E-state index in [1.165, 1.54) is 0 Å².